The number of rotatable bonds is 5. The van der Waals surface area contributed by atoms with Gasteiger partial charge in [-0.2, -0.15) is 5.10 Å². The van der Waals surface area contributed by atoms with Crippen LogP contribution in [-0.2, 0) is 6.54 Å². The van der Waals surface area contributed by atoms with Crippen LogP contribution in [0, 0.1) is 5.41 Å². The average molecular weight is 273 g/mol. The fourth-order valence-electron chi connectivity index (χ4n) is 1.53. The summed E-state index contributed by atoms with van der Waals surface area (Å²) in [6.07, 6.45) is 3.74. The monoisotopic (exact) mass is 272 g/mol. The maximum Gasteiger partial charge on any atom is 0.266 e. The first-order valence-corrected chi connectivity index (χ1v) is 6.37. The van der Waals surface area contributed by atoms with Gasteiger partial charge in [0, 0.05) is 17.6 Å². The quantitative estimate of drug-likeness (QED) is 0.772. The summed E-state index contributed by atoms with van der Waals surface area (Å²) in [4.78, 5) is 11.5. The van der Waals surface area contributed by atoms with Gasteiger partial charge < -0.3 is 0 Å². The smallest absolute Gasteiger partial charge is 0.266 e. The molecule has 0 aliphatic carbocycles. The number of nitrogens with zero attached hydrogens (tertiary/aromatic N) is 2. The van der Waals surface area contributed by atoms with Crippen molar-refractivity contribution in [3.05, 3.63) is 28.7 Å². The molecule has 0 spiro atoms. The highest BCUT2D eigenvalue weighted by molar-refractivity contribution is 9.09. The first-order valence-electron chi connectivity index (χ1n) is 5.25. The van der Waals surface area contributed by atoms with Crippen LogP contribution >= 0.6 is 15.9 Å². The van der Waals surface area contributed by atoms with Crippen LogP contribution in [0.15, 0.2) is 23.1 Å². The number of aromatic nitrogens is 2. The lowest BCUT2D eigenvalue weighted by Crippen LogP contribution is -2.33. The molecular formula is C11H17BrN2O. The van der Waals surface area contributed by atoms with Crippen LogP contribution < -0.4 is 5.56 Å². The van der Waals surface area contributed by atoms with Crippen LogP contribution in [-0.4, -0.2) is 15.1 Å². The van der Waals surface area contributed by atoms with Gasteiger partial charge in [0.1, 0.15) is 0 Å². The Morgan fingerprint density at radius 2 is 2.13 bits per heavy atom. The van der Waals surface area contributed by atoms with Crippen molar-refractivity contribution in [2.45, 2.75) is 33.2 Å². The molecule has 1 heterocycles. The predicted octanol–water partition coefficient (Wildman–Crippen LogP) is 2.44. The van der Waals surface area contributed by atoms with Crippen LogP contribution in [0.3, 0.4) is 0 Å². The zero-order chi connectivity index (χ0) is 11.3. The van der Waals surface area contributed by atoms with Crippen LogP contribution in [0.25, 0.3) is 0 Å². The summed E-state index contributed by atoms with van der Waals surface area (Å²) >= 11 is 3.53. The second-order valence-electron chi connectivity index (χ2n) is 3.86. The normalized spacial score (nSPS) is 11.7. The molecule has 0 aromatic carbocycles. The maximum absolute atomic E-state index is 11.5. The molecule has 0 radical (unpaired) electrons. The lowest BCUT2D eigenvalue weighted by atomic mass is 9.85. The minimum absolute atomic E-state index is 0.0234. The van der Waals surface area contributed by atoms with E-state index in [1.807, 2.05) is 0 Å². The number of alkyl halides is 1. The van der Waals surface area contributed by atoms with E-state index < -0.39 is 0 Å². The molecule has 1 aromatic heterocycles. The highest BCUT2D eigenvalue weighted by Crippen LogP contribution is 2.29. The molecule has 3 nitrogen and oxygen atoms in total. The fraction of sp³-hybridized carbons (Fsp3) is 0.636. The summed E-state index contributed by atoms with van der Waals surface area (Å²) in [6, 6.07) is 3.23. The van der Waals surface area contributed by atoms with Crippen molar-refractivity contribution < 1.29 is 0 Å². The Kier molecular flexibility index (Phi) is 4.51. The van der Waals surface area contributed by atoms with E-state index in [1.165, 1.54) is 0 Å². The molecule has 84 valence electrons. The minimum atomic E-state index is -0.0234. The Balaban J connectivity index is 2.93. The molecule has 0 fully saturated rings. The lowest BCUT2D eigenvalue weighted by Gasteiger charge is -2.29. The number of halogens is 1. The second kappa shape index (κ2) is 5.45. The summed E-state index contributed by atoms with van der Waals surface area (Å²) in [5.74, 6) is 0. The molecule has 1 rings (SSSR count). The van der Waals surface area contributed by atoms with Crippen LogP contribution in [0.5, 0.6) is 0 Å². The second-order valence-corrected chi connectivity index (χ2v) is 4.42. The maximum atomic E-state index is 11.5. The standard InChI is InChI=1S/C11H17BrN2O/c1-3-11(4-2,8-12)9-14-10(15)6-5-7-13-14/h5-7H,3-4,8-9H2,1-2H3. The van der Waals surface area contributed by atoms with E-state index in [0.29, 0.717) is 6.54 Å². The third-order valence-electron chi connectivity index (χ3n) is 3.05. The SMILES string of the molecule is CCC(CC)(CBr)Cn1ncccc1=O. The van der Waals surface area contributed by atoms with E-state index in [2.05, 4.69) is 34.9 Å². The Morgan fingerprint density at radius 1 is 1.47 bits per heavy atom. The molecular weight excluding hydrogens is 256 g/mol. The zero-order valence-corrected chi connectivity index (χ0v) is 10.8. The van der Waals surface area contributed by atoms with E-state index >= 15 is 0 Å². The predicted molar refractivity (Wildman–Crippen MR) is 65.3 cm³/mol. The van der Waals surface area contributed by atoms with Crippen molar-refractivity contribution in [3.63, 3.8) is 0 Å². The van der Waals surface area contributed by atoms with Gasteiger partial charge in [-0.25, -0.2) is 4.68 Å². The summed E-state index contributed by atoms with van der Waals surface area (Å²) in [7, 11) is 0. The van der Waals surface area contributed by atoms with Gasteiger partial charge in [0.25, 0.3) is 5.56 Å². The van der Waals surface area contributed by atoms with Crippen molar-refractivity contribution in [3.8, 4) is 0 Å². The van der Waals surface area contributed by atoms with Crippen molar-refractivity contribution in [2.75, 3.05) is 5.33 Å². The fourth-order valence-corrected chi connectivity index (χ4v) is 2.50. The molecule has 0 aliphatic heterocycles. The first kappa shape index (κ1) is 12.4. The lowest BCUT2D eigenvalue weighted by molar-refractivity contribution is 0.242. The van der Waals surface area contributed by atoms with E-state index in [0.717, 1.165) is 18.2 Å². The van der Waals surface area contributed by atoms with Crippen molar-refractivity contribution >= 4 is 15.9 Å². The summed E-state index contributed by atoms with van der Waals surface area (Å²) < 4.78 is 1.55. The molecule has 15 heavy (non-hydrogen) atoms. The van der Waals surface area contributed by atoms with Crippen molar-refractivity contribution in [1.29, 1.82) is 0 Å². The topological polar surface area (TPSA) is 34.9 Å². The van der Waals surface area contributed by atoms with Gasteiger partial charge in [-0.3, -0.25) is 4.79 Å². The van der Waals surface area contributed by atoms with Crippen molar-refractivity contribution in [2.24, 2.45) is 5.41 Å². The van der Waals surface area contributed by atoms with E-state index in [1.54, 1.807) is 23.0 Å². The van der Waals surface area contributed by atoms with Crippen LogP contribution in [0.2, 0.25) is 0 Å². The molecule has 0 atom stereocenters. The Bertz CT molecular complexity index is 349. The molecule has 0 unspecified atom stereocenters. The number of hydrogen-bond donors (Lipinski definition) is 0. The first-order chi connectivity index (χ1) is 7.17. The summed E-state index contributed by atoms with van der Waals surface area (Å²) in [5, 5.41) is 4.99. The molecule has 0 saturated carbocycles. The van der Waals surface area contributed by atoms with Gasteiger partial charge in [-0.05, 0) is 24.3 Å². The summed E-state index contributed by atoms with van der Waals surface area (Å²) in [6.45, 7) is 4.99. The van der Waals surface area contributed by atoms with Gasteiger partial charge in [0.05, 0.1) is 6.54 Å². The van der Waals surface area contributed by atoms with Crippen LogP contribution in [0.1, 0.15) is 26.7 Å². The largest absolute Gasteiger partial charge is 0.268 e. The molecule has 0 aliphatic rings. The van der Waals surface area contributed by atoms with E-state index in [9.17, 15) is 4.79 Å². The third kappa shape index (κ3) is 2.91. The highest BCUT2D eigenvalue weighted by atomic mass is 79.9. The average Bonchev–Trinajstić information content (AvgIpc) is 2.29. The molecule has 0 amide bonds. The molecule has 0 bridgehead atoms. The van der Waals surface area contributed by atoms with Crippen LogP contribution in [0.4, 0.5) is 0 Å². The van der Waals surface area contributed by atoms with E-state index in [4.69, 9.17) is 0 Å². The van der Waals surface area contributed by atoms with Crippen molar-refractivity contribution in [1.82, 2.24) is 9.78 Å². The number of hydrogen-bond acceptors (Lipinski definition) is 2. The molecule has 1 aromatic rings. The minimum Gasteiger partial charge on any atom is -0.268 e. The Morgan fingerprint density at radius 3 is 2.60 bits per heavy atom. The Labute approximate surface area is 98.6 Å². The van der Waals surface area contributed by atoms with Gasteiger partial charge in [0.2, 0.25) is 0 Å². The zero-order valence-electron chi connectivity index (χ0n) is 9.24. The third-order valence-corrected chi connectivity index (χ3v) is 4.24. The van der Waals surface area contributed by atoms with Gasteiger partial charge in [0.15, 0.2) is 0 Å². The van der Waals surface area contributed by atoms with Gasteiger partial charge >= 0.3 is 0 Å². The Hall–Kier alpha value is -0.640. The highest BCUT2D eigenvalue weighted by Gasteiger charge is 2.26. The van der Waals surface area contributed by atoms with Gasteiger partial charge in [-0.1, -0.05) is 29.8 Å². The molecule has 4 heteroatoms. The van der Waals surface area contributed by atoms with Gasteiger partial charge in [-0.15, -0.1) is 0 Å². The van der Waals surface area contributed by atoms with E-state index in [-0.39, 0.29) is 11.0 Å². The molecule has 0 N–H and O–H groups in total. The summed E-state index contributed by atoms with van der Waals surface area (Å²) in [5.41, 5.74) is 0.114. The molecule has 0 saturated heterocycles.